The standard InChI is InChI=1S/C14H20FN/c15-14(8-2-9-14)11-13-6-4-12(5-7-13)3-1-10-16/h4-7H,1-3,8-11,16H2. The molecule has 0 atom stereocenters. The minimum atomic E-state index is -0.904. The maximum Gasteiger partial charge on any atom is 0.115 e. The molecule has 2 N–H and O–H groups in total. The van der Waals surface area contributed by atoms with Gasteiger partial charge in [0.1, 0.15) is 5.67 Å². The Morgan fingerprint density at radius 3 is 2.25 bits per heavy atom. The second kappa shape index (κ2) is 4.96. The first-order chi connectivity index (χ1) is 7.72. The molecule has 0 radical (unpaired) electrons. The van der Waals surface area contributed by atoms with Crippen LogP contribution in [0.4, 0.5) is 4.39 Å². The zero-order valence-corrected chi connectivity index (χ0v) is 9.71. The van der Waals surface area contributed by atoms with Crippen molar-refractivity contribution in [3.63, 3.8) is 0 Å². The predicted molar refractivity (Wildman–Crippen MR) is 65.2 cm³/mol. The number of benzene rings is 1. The molecule has 0 saturated heterocycles. The Morgan fingerprint density at radius 1 is 1.12 bits per heavy atom. The van der Waals surface area contributed by atoms with E-state index >= 15 is 0 Å². The van der Waals surface area contributed by atoms with Gasteiger partial charge in [-0.2, -0.15) is 0 Å². The van der Waals surface area contributed by atoms with Crippen molar-refractivity contribution in [2.45, 2.75) is 44.2 Å². The van der Waals surface area contributed by atoms with Crippen molar-refractivity contribution >= 4 is 0 Å². The Kier molecular flexibility index (Phi) is 3.59. The Hall–Kier alpha value is -0.890. The van der Waals surface area contributed by atoms with Crippen LogP contribution in [0.1, 0.15) is 36.8 Å². The molecule has 1 aromatic rings. The zero-order valence-electron chi connectivity index (χ0n) is 9.71. The van der Waals surface area contributed by atoms with Gasteiger partial charge in [-0.15, -0.1) is 0 Å². The fourth-order valence-electron chi connectivity index (χ4n) is 2.23. The summed E-state index contributed by atoms with van der Waals surface area (Å²) in [6.07, 6.45) is 5.16. The highest BCUT2D eigenvalue weighted by Crippen LogP contribution is 2.38. The van der Waals surface area contributed by atoms with E-state index < -0.39 is 5.67 Å². The molecule has 0 heterocycles. The third-order valence-corrected chi connectivity index (χ3v) is 3.46. The largest absolute Gasteiger partial charge is 0.330 e. The average molecular weight is 221 g/mol. The number of rotatable bonds is 5. The lowest BCUT2D eigenvalue weighted by Crippen LogP contribution is -2.33. The maximum absolute atomic E-state index is 13.9. The van der Waals surface area contributed by atoms with Crippen LogP contribution in [-0.4, -0.2) is 12.2 Å². The van der Waals surface area contributed by atoms with E-state index in [2.05, 4.69) is 24.3 Å². The first-order valence-corrected chi connectivity index (χ1v) is 6.19. The molecular weight excluding hydrogens is 201 g/mol. The van der Waals surface area contributed by atoms with E-state index in [1.807, 2.05) is 0 Å². The Morgan fingerprint density at radius 2 is 1.75 bits per heavy atom. The highest BCUT2D eigenvalue weighted by molar-refractivity contribution is 5.24. The molecular formula is C14H20FN. The fourth-order valence-corrected chi connectivity index (χ4v) is 2.23. The maximum atomic E-state index is 13.9. The van der Waals surface area contributed by atoms with Gasteiger partial charge in [0.25, 0.3) is 0 Å². The molecule has 1 aliphatic rings. The second-order valence-corrected chi connectivity index (χ2v) is 4.89. The average Bonchev–Trinajstić information content (AvgIpc) is 2.26. The van der Waals surface area contributed by atoms with Gasteiger partial charge in [-0.3, -0.25) is 0 Å². The van der Waals surface area contributed by atoms with Gasteiger partial charge in [0.15, 0.2) is 0 Å². The SMILES string of the molecule is NCCCc1ccc(CC2(F)CCC2)cc1. The lowest BCUT2D eigenvalue weighted by Gasteiger charge is -2.33. The molecule has 1 nitrogen and oxygen atoms in total. The number of halogens is 1. The van der Waals surface area contributed by atoms with E-state index in [-0.39, 0.29) is 0 Å². The molecule has 0 amide bonds. The molecule has 0 bridgehead atoms. The van der Waals surface area contributed by atoms with E-state index in [0.29, 0.717) is 6.42 Å². The van der Waals surface area contributed by atoms with Crippen LogP contribution in [0.3, 0.4) is 0 Å². The highest BCUT2D eigenvalue weighted by atomic mass is 19.1. The fraction of sp³-hybridized carbons (Fsp3) is 0.571. The second-order valence-electron chi connectivity index (χ2n) is 4.89. The first-order valence-electron chi connectivity index (χ1n) is 6.19. The molecule has 1 saturated carbocycles. The molecule has 1 aliphatic carbocycles. The van der Waals surface area contributed by atoms with E-state index in [0.717, 1.165) is 44.2 Å². The van der Waals surface area contributed by atoms with Crippen LogP contribution in [0.15, 0.2) is 24.3 Å². The lowest BCUT2D eigenvalue weighted by atomic mass is 9.78. The molecule has 1 fully saturated rings. The van der Waals surface area contributed by atoms with Gasteiger partial charge in [-0.05, 0) is 49.8 Å². The topological polar surface area (TPSA) is 26.0 Å². The van der Waals surface area contributed by atoms with Gasteiger partial charge in [-0.25, -0.2) is 4.39 Å². The molecule has 0 aromatic heterocycles. The highest BCUT2D eigenvalue weighted by Gasteiger charge is 2.36. The summed E-state index contributed by atoms with van der Waals surface area (Å²) < 4.78 is 13.9. The minimum absolute atomic E-state index is 0.587. The molecule has 1 aromatic carbocycles. The summed E-state index contributed by atoms with van der Waals surface area (Å²) in [5, 5.41) is 0. The summed E-state index contributed by atoms with van der Waals surface area (Å²) in [5.74, 6) is 0. The van der Waals surface area contributed by atoms with E-state index in [9.17, 15) is 4.39 Å². The van der Waals surface area contributed by atoms with Crippen LogP contribution in [0.25, 0.3) is 0 Å². The van der Waals surface area contributed by atoms with Gasteiger partial charge in [0.05, 0.1) is 0 Å². The first kappa shape index (κ1) is 11.6. The molecule has 0 aliphatic heterocycles. The third-order valence-electron chi connectivity index (χ3n) is 3.46. The van der Waals surface area contributed by atoms with Crippen molar-refractivity contribution in [1.82, 2.24) is 0 Å². The predicted octanol–water partition coefficient (Wildman–Crippen LogP) is 3.01. The normalized spacial score (nSPS) is 18.1. The van der Waals surface area contributed by atoms with E-state index in [1.54, 1.807) is 0 Å². The summed E-state index contributed by atoms with van der Waals surface area (Å²) in [4.78, 5) is 0. The molecule has 2 heteroatoms. The van der Waals surface area contributed by atoms with Gasteiger partial charge in [0, 0.05) is 6.42 Å². The monoisotopic (exact) mass is 221 g/mol. The van der Waals surface area contributed by atoms with Crippen molar-refractivity contribution in [2.75, 3.05) is 6.54 Å². The quantitative estimate of drug-likeness (QED) is 0.812. The van der Waals surface area contributed by atoms with Crippen LogP contribution in [-0.2, 0) is 12.8 Å². The number of hydrogen-bond donors (Lipinski definition) is 1. The van der Waals surface area contributed by atoms with Crippen molar-refractivity contribution in [3.05, 3.63) is 35.4 Å². The summed E-state index contributed by atoms with van der Waals surface area (Å²) in [5.41, 5.74) is 6.99. The van der Waals surface area contributed by atoms with Crippen LogP contribution in [0, 0.1) is 0 Å². The van der Waals surface area contributed by atoms with Crippen molar-refractivity contribution in [3.8, 4) is 0 Å². The van der Waals surface area contributed by atoms with Crippen molar-refractivity contribution in [1.29, 1.82) is 0 Å². The van der Waals surface area contributed by atoms with E-state index in [1.165, 1.54) is 5.56 Å². The van der Waals surface area contributed by atoms with Gasteiger partial charge in [-0.1, -0.05) is 24.3 Å². The Balaban J connectivity index is 1.91. The van der Waals surface area contributed by atoms with Crippen molar-refractivity contribution < 1.29 is 4.39 Å². The molecule has 88 valence electrons. The number of alkyl halides is 1. The van der Waals surface area contributed by atoms with Gasteiger partial charge >= 0.3 is 0 Å². The van der Waals surface area contributed by atoms with Crippen LogP contribution < -0.4 is 5.73 Å². The summed E-state index contributed by atoms with van der Waals surface area (Å²) in [6, 6.07) is 8.33. The van der Waals surface area contributed by atoms with E-state index in [4.69, 9.17) is 5.73 Å². The van der Waals surface area contributed by atoms with Crippen LogP contribution in [0.5, 0.6) is 0 Å². The van der Waals surface area contributed by atoms with Crippen LogP contribution in [0.2, 0.25) is 0 Å². The van der Waals surface area contributed by atoms with Crippen LogP contribution >= 0.6 is 0 Å². The summed E-state index contributed by atoms with van der Waals surface area (Å²) in [7, 11) is 0. The third kappa shape index (κ3) is 2.82. The van der Waals surface area contributed by atoms with Gasteiger partial charge < -0.3 is 5.73 Å². The van der Waals surface area contributed by atoms with Crippen molar-refractivity contribution in [2.24, 2.45) is 5.73 Å². The number of hydrogen-bond acceptors (Lipinski definition) is 1. The summed E-state index contributed by atoms with van der Waals surface area (Å²) in [6.45, 7) is 0.731. The molecule has 2 rings (SSSR count). The molecule has 0 spiro atoms. The number of nitrogens with two attached hydrogens (primary N) is 1. The zero-order chi connectivity index (χ0) is 11.4. The molecule has 16 heavy (non-hydrogen) atoms. The lowest BCUT2D eigenvalue weighted by molar-refractivity contribution is 0.0641. The minimum Gasteiger partial charge on any atom is -0.330 e. The smallest absolute Gasteiger partial charge is 0.115 e. The van der Waals surface area contributed by atoms with Gasteiger partial charge in [0.2, 0.25) is 0 Å². The summed E-state index contributed by atoms with van der Waals surface area (Å²) >= 11 is 0. The Labute approximate surface area is 96.9 Å². The Bertz CT molecular complexity index is 327. The number of aryl methyl sites for hydroxylation is 1. The molecule has 0 unspecified atom stereocenters.